The van der Waals surface area contributed by atoms with E-state index in [1.54, 1.807) is 11.3 Å². The Labute approximate surface area is 139 Å². The van der Waals surface area contributed by atoms with Crippen molar-refractivity contribution in [2.24, 2.45) is 5.92 Å². The van der Waals surface area contributed by atoms with E-state index in [1.807, 2.05) is 17.2 Å². The number of hydrogen-bond donors (Lipinski definition) is 2. The average Bonchev–Trinajstić information content (AvgIpc) is 3.41. The number of nitrogens with one attached hydrogen (secondary N) is 2. The second kappa shape index (κ2) is 5.78. The standard InChI is InChI=1S/C16H22N4O2S/c1-9-8-23-15(17-9)14(10-2-3-10)19-16(22)18-11-6-13(21)20(7-11)12-4-5-12/h8,10-12,14H,2-7H2,1H3,(H2,18,19,22)/t11-,14-/m1/s1. The molecule has 124 valence electrons. The molecule has 3 amide bonds. The highest BCUT2D eigenvalue weighted by atomic mass is 32.1. The minimum atomic E-state index is -0.176. The minimum absolute atomic E-state index is 0.00494. The van der Waals surface area contributed by atoms with Gasteiger partial charge in [0.1, 0.15) is 5.01 Å². The minimum Gasteiger partial charge on any atom is -0.338 e. The zero-order chi connectivity index (χ0) is 16.0. The predicted octanol–water partition coefficient (Wildman–Crippen LogP) is 1.97. The molecule has 2 heterocycles. The van der Waals surface area contributed by atoms with Crippen LogP contribution in [0.5, 0.6) is 0 Å². The van der Waals surface area contributed by atoms with Gasteiger partial charge in [-0.2, -0.15) is 0 Å². The van der Waals surface area contributed by atoms with Gasteiger partial charge in [0.25, 0.3) is 0 Å². The van der Waals surface area contributed by atoms with E-state index in [9.17, 15) is 9.59 Å². The molecule has 2 N–H and O–H groups in total. The lowest BCUT2D eigenvalue weighted by Gasteiger charge is -2.19. The molecule has 0 unspecified atom stereocenters. The van der Waals surface area contributed by atoms with Gasteiger partial charge >= 0.3 is 6.03 Å². The summed E-state index contributed by atoms with van der Waals surface area (Å²) in [6.07, 6.45) is 4.92. The summed E-state index contributed by atoms with van der Waals surface area (Å²) in [5, 5.41) is 9.06. The fourth-order valence-corrected chi connectivity index (χ4v) is 4.20. The van der Waals surface area contributed by atoms with Crippen LogP contribution in [0, 0.1) is 12.8 Å². The number of carbonyl (C=O) groups is 2. The number of nitrogens with zero attached hydrogens (tertiary/aromatic N) is 2. The molecule has 2 saturated carbocycles. The third-order valence-corrected chi connectivity index (χ3v) is 5.81. The van der Waals surface area contributed by atoms with Gasteiger partial charge in [0.2, 0.25) is 5.91 Å². The molecule has 7 heteroatoms. The number of amides is 3. The van der Waals surface area contributed by atoms with Crippen molar-refractivity contribution in [3.63, 3.8) is 0 Å². The van der Waals surface area contributed by atoms with Gasteiger partial charge in [0, 0.05) is 30.1 Å². The van der Waals surface area contributed by atoms with Crippen molar-refractivity contribution in [3.8, 4) is 0 Å². The summed E-state index contributed by atoms with van der Waals surface area (Å²) in [4.78, 5) is 30.8. The zero-order valence-electron chi connectivity index (χ0n) is 13.2. The SMILES string of the molecule is Cc1csc([C@H](NC(=O)N[C@@H]2CC(=O)N(C3CC3)C2)C2CC2)n1. The topological polar surface area (TPSA) is 74.3 Å². The van der Waals surface area contributed by atoms with Crippen molar-refractivity contribution in [1.29, 1.82) is 0 Å². The van der Waals surface area contributed by atoms with Crippen LogP contribution in [0.4, 0.5) is 4.79 Å². The van der Waals surface area contributed by atoms with Gasteiger partial charge in [-0.25, -0.2) is 9.78 Å². The van der Waals surface area contributed by atoms with E-state index in [1.165, 1.54) is 0 Å². The van der Waals surface area contributed by atoms with Crippen molar-refractivity contribution >= 4 is 23.3 Å². The fraction of sp³-hybridized carbons (Fsp3) is 0.688. The normalized spacial score (nSPS) is 25.5. The van der Waals surface area contributed by atoms with Crippen molar-refractivity contribution in [2.45, 2.75) is 57.2 Å². The van der Waals surface area contributed by atoms with E-state index >= 15 is 0 Å². The van der Waals surface area contributed by atoms with Crippen molar-refractivity contribution < 1.29 is 9.59 Å². The lowest BCUT2D eigenvalue weighted by Crippen LogP contribution is -2.45. The van der Waals surface area contributed by atoms with Gasteiger partial charge < -0.3 is 15.5 Å². The highest BCUT2D eigenvalue weighted by Crippen LogP contribution is 2.41. The Hall–Kier alpha value is -1.63. The number of urea groups is 1. The maximum atomic E-state index is 12.3. The molecule has 0 bridgehead atoms. The van der Waals surface area contributed by atoms with E-state index in [4.69, 9.17) is 0 Å². The molecule has 1 aromatic rings. The van der Waals surface area contributed by atoms with Crippen LogP contribution in [0.3, 0.4) is 0 Å². The molecule has 1 aromatic heterocycles. The Kier molecular flexibility index (Phi) is 3.75. The largest absolute Gasteiger partial charge is 0.338 e. The van der Waals surface area contributed by atoms with Crippen LogP contribution in [0.2, 0.25) is 0 Å². The molecule has 2 aliphatic carbocycles. The van der Waals surface area contributed by atoms with E-state index < -0.39 is 0 Å². The summed E-state index contributed by atoms with van der Waals surface area (Å²) >= 11 is 1.61. The molecular weight excluding hydrogens is 312 g/mol. The lowest BCUT2D eigenvalue weighted by molar-refractivity contribution is -0.128. The van der Waals surface area contributed by atoms with Gasteiger partial charge in [0.15, 0.2) is 0 Å². The first-order chi connectivity index (χ1) is 11.1. The second-order valence-corrected chi connectivity index (χ2v) is 7.83. The van der Waals surface area contributed by atoms with Gasteiger partial charge in [-0.1, -0.05) is 0 Å². The summed E-state index contributed by atoms with van der Waals surface area (Å²) in [7, 11) is 0. The van der Waals surface area contributed by atoms with Gasteiger partial charge in [-0.3, -0.25) is 4.79 Å². The van der Waals surface area contributed by atoms with Crippen LogP contribution >= 0.6 is 11.3 Å². The van der Waals surface area contributed by atoms with Gasteiger partial charge in [-0.05, 0) is 38.5 Å². The monoisotopic (exact) mass is 334 g/mol. The molecule has 0 spiro atoms. The number of hydrogen-bond acceptors (Lipinski definition) is 4. The third-order valence-electron chi connectivity index (χ3n) is 4.76. The predicted molar refractivity (Wildman–Crippen MR) is 87.1 cm³/mol. The number of aryl methyl sites for hydroxylation is 1. The summed E-state index contributed by atoms with van der Waals surface area (Å²) < 4.78 is 0. The van der Waals surface area contributed by atoms with Crippen LogP contribution < -0.4 is 10.6 Å². The van der Waals surface area contributed by atoms with E-state index in [2.05, 4.69) is 15.6 Å². The highest BCUT2D eigenvalue weighted by Gasteiger charge is 2.40. The van der Waals surface area contributed by atoms with Crippen LogP contribution in [0.1, 0.15) is 48.8 Å². The maximum absolute atomic E-state index is 12.3. The quantitative estimate of drug-likeness (QED) is 0.864. The van der Waals surface area contributed by atoms with E-state index in [0.29, 0.717) is 24.9 Å². The third kappa shape index (κ3) is 3.34. The lowest BCUT2D eigenvalue weighted by atomic mass is 10.2. The number of rotatable bonds is 5. The van der Waals surface area contributed by atoms with Crippen LogP contribution in [0.25, 0.3) is 0 Å². The molecule has 1 aliphatic heterocycles. The Morgan fingerprint density at radius 3 is 2.78 bits per heavy atom. The highest BCUT2D eigenvalue weighted by molar-refractivity contribution is 7.09. The molecule has 0 aromatic carbocycles. The smallest absolute Gasteiger partial charge is 0.315 e. The molecule has 0 radical (unpaired) electrons. The van der Waals surface area contributed by atoms with E-state index in [0.717, 1.165) is 36.4 Å². The Morgan fingerprint density at radius 2 is 2.17 bits per heavy atom. The molecule has 3 aliphatic rings. The molecule has 6 nitrogen and oxygen atoms in total. The zero-order valence-corrected chi connectivity index (χ0v) is 14.1. The molecule has 1 saturated heterocycles. The molecule has 2 atom stereocenters. The fourth-order valence-electron chi connectivity index (χ4n) is 3.26. The summed E-state index contributed by atoms with van der Waals surface area (Å²) in [6, 6.07) is 0.186. The maximum Gasteiger partial charge on any atom is 0.315 e. The average molecular weight is 334 g/mol. The first-order valence-electron chi connectivity index (χ1n) is 8.38. The van der Waals surface area contributed by atoms with Crippen LogP contribution in [-0.4, -0.2) is 40.5 Å². The van der Waals surface area contributed by atoms with Crippen molar-refractivity contribution in [1.82, 2.24) is 20.5 Å². The number of carbonyl (C=O) groups excluding carboxylic acids is 2. The van der Waals surface area contributed by atoms with Crippen molar-refractivity contribution in [3.05, 3.63) is 16.1 Å². The van der Waals surface area contributed by atoms with Gasteiger partial charge in [-0.15, -0.1) is 11.3 Å². The Balaban J connectivity index is 1.34. The first-order valence-corrected chi connectivity index (χ1v) is 9.26. The van der Waals surface area contributed by atoms with Crippen LogP contribution in [0.15, 0.2) is 5.38 Å². The molecule has 4 rings (SSSR count). The number of aromatic nitrogens is 1. The molecule has 3 fully saturated rings. The van der Waals surface area contributed by atoms with Gasteiger partial charge in [0.05, 0.1) is 12.1 Å². The summed E-state index contributed by atoms with van der Waals surface area (Å²) in [6.45, 7) is 2.63. The number of thiazole rings is 1. The van der Waals surface area contributed by atoms with E-state index in [-0.39, 0.29) is 24.0 Å². The number of likely N-dealkylation sites (tertiary alicyclic amines) is 1. The van der Waals surface area contributed by atoms with Crippen LogP contribution in [-0.2, 0) is 4.79 Å². The van der Waals surface area contributed by atoms with Crippen molar-refractivity contribution in [2.75, 3.05) is 6.54 Å². The second-order valence-electron chi connectivity index (χ2n) is 6.94. The summed E-state index contributed by atoms with van der Waals surface area (Å²) in [5.74, 6) is 0.673. The molecular formula is C16H22N4O2S. The first kappa shape index (κ1) is 14.9. The summed E-state index contributed by atoms with van der Waals surface area (Å²) in [5.41, 5.74) is 0.999. The molecule has 23 heavy (non-hydrogen) atoms. The Morgan fingerprint density at radius 1 is 1.39 bits per heavy atom. The Bertz CT molecular complexity index is 623.